The fourth-order valence-electron chi connectivity index (χ4n) is 1.70. The zero-order chi connectivity index (χ0) is 13.2. The van der Waals surface area contributed by atoms with Crippen molar-refractivity contribution < 1.29 is 4.42 Å². The van der Waals surface area contributed by atoms with Gasteiger partial charge in [-0.1, -0.05) is 34.1 Å². The highest BCUT2D eigenvalue weighted by Gasteiger charge is 2.12. The molecule has 3 rings (SSSR count). The van der Waals surface area contributed by atoms with Gasteiger partial charge in [-0.25, -0.2) is 0 Å². The van der Waals surface area contributed by atoms with Gasteiger partial charge in [-0.2, -0.15) is 0 Å². The van der Waals surface area contributed by atoms with E-state index in [2.05, 4.69) is 42.1 Å². The Labute approximate surface area is 126 Å². The maximum Gasteiger partial charge on any atom is 0.249 e. The molecule has 0 radical (unpaired) electrons. The highest BCUT2D eigenvalue weighted by atomic mass is 79.9. The van der Waals surface area contributed by atoms with E-state index in [0.717, 1.165) is 20.1 Å². The van der Waals surface area contributed by atoms with Gasteiger partial charge >= 0.3 is 0 Å². The summed E-state index contributed by atoms with van der Waals surface area (Å²) in [7, 11) is 0. The molecule has 5 heteroatoms. The zero-order valence-electron chi connectivity index (χ0n) is 9.68. The molecule has 0 spiro atoms. The quantitative estimate of drug-likeness (QED) is 0.633. The van der Waals surface area contributed by atoms with Crippen LogP contribution in [0.2, 0.25) is 0 Å². The lowest BCUT2D eigenvalue weighted by molar-refractivity contribution is 0.584. The Morgan fingerprint density at radius 2 is 1.63 bits per heavy atom. The summed E-state index contributed by atoms with van der Waals surface area (Å²) in [4.78, 5) is 0. The van der Waals surface area contributed by atoms with E-state index in [1.807, 2.05) is 48.5 Å². The van der Waals surface area contributed by atoms with Crippen molar-refractivity contribution in [3.63, 3.8) is 0 Å². The van der Waals surface area contributed by atoms with Gasteiger partial charge in [-0.15, -0.1) is 10.2 Å². The fraction of sp³-hybridized carbons (Fsp3) is 0. The molecule has 1 aromatic heterocycles. The minimum Gasteiger partial charge on any atom is -0.416 e. The van der Waals surface area contributed by atoms with Gasteiger partial charge in [-0.05, 0) is 46.3 Å². The first kappa shape index (κ1) is 12.6. The predicted molar refractivity (Wildman–Crippen MR) is 80.6 cm³/mol. The van der Waals surface area contributed by atoms with Crippen LogP contribution in [0.4, 0.5) is 0 Å². The summed E-state index contributed by atoms with van der Waals surface area (Å²) in [6, 6.07) is 15.5. The number of hydrogen-bond donors (Lipinski definition) is 0. The van der Waals surface area contributed by atoms with Crippen molar-refractivity contribution in [1.29, 1.82) is 0 Å². The Balaban J connectivity index is 2.03. The van der Waals surface area contributed by atoms with E-state index in [1.54, 1.807) is 0 Å². The van der Waals surface area contributed by atoms with E-state index in [9.17, 15) is 0 Å². The van der Waals surface area contributed by atoms with Crippen LogP contribution in [0.3, 0.4) is 0 Å². The molecule has 0 amide bonds. The van der Waals surface area contributed by atoms with Crippen LogP contribution in [0.25, 0.3) is 22.9 Å². The summed E-state index contributed by atoms with van der Waals surface area (Å²) < 4.78 is 7.63. The SMILES string of the molecule is Brc1cccc(-c2nnc(-c3ccccc3Br)o2)c1. The molecule has 19 heavy (non-hydrogen) atoms. The molecule has 0 aliphatic rings. The third-order valence-electron chi connectivity index (χ3n) is 2.60. The summed E-state index contributed by atoms with van der Waals surface area (Å²) in [5.41, 5.74) is 1.77. The Bertz CT molecular complexity index is 725. The molecule has 94 valence electrons. The average molecular weight is 380 g/mol. The topological polar surface area (TPSA) is 38.9 Å². The molecular weight excluding hydrogens is 372 g/mol. The molecule has 0 N–H and O–H groups in total. The Morgan fingerprint density at radius 1 is 0.842 bits per heavy atom. The molecule has 3 aromatic rings. The molecule has 0 aliphatic heterocycles. The molecular formula is C14H8Br2N2O. The second-order valence-electron chi connectivity index (χ2n) is 3.90. The van der Waals surface area contributed by atoms with Crippen LogP contribution in [0.5, 0.6) is 0 Å². The highest BCUT2D eigenvalue weighted by molar-refractivity contribution is 9.10. The minimum absolute atomic E-state index is 0.502. The van der Waals surface area contributed by atoms with E-state index in [-0.39, 0.29) is 0 Å². The number of benzene rings is 2. The molecule has 2 aromatic carbocycles. The number of rotatable bonds is 2. The summed E-state index contributed by atoms with van der Waals surface area (Å²) in [6.45, 7) is 0. The van der Waals surface area contributed by atoms with Crippen molar-refractivity contribution in [3.8, 4) is 22.9 Å². The Hall–Kier alpha value is -1.46. The molecule has 0 saturated heterocycles. The molecule has 0 fully saturated rings. The van der Waals surface area contributed by atoms with Gasteiger partial charge in [0.2, 0.25) is 11.8 Å². The van der Waals surface area contributed by atoms with Gasteiger partial charge in [0.1, 0.15) is 0 Å². The normalized spacial score (nSPS) is 10.6. The fourth-order valence-corrected chi connectivity index (χ4v) is 2.56. The van der Waals surface area contributed by atoms with Gasteiger partial charge in [-0.3, -0.25) is 0 Å². The van der Waals surface area contributed by atoms with Crippen LogP contribution in [0, 0.1) is 0 Å². The van der Waals surface area contributed by atoms with Crippen LogP contribution in [0.1, 0.15) is 0 Å². The standard InChI is InChI=1S/C14H8Br2N2O/c15-10-5-3-4-9(8-10)13-17-18-14(19-13)11-6-1-2-7-12(11)16/h1-8H. The van der Waals surface area contributed by atoms with Crippen LogP contribution in [0.15, 0.2) is 61.9 Å². The number of nitrogens with zero attached hydrogens (tertiary/aromatic N) is 2. The zero-order valence-corrected chi connectivity index (χ0v) is 12.8. The van der Waals surface area contributed by atoms with Crippen molar-refractivity contribution in [2.75, 3.05) is 0 Å². The molecule has 0 unspecified atom stereocenters. The van der Waals surface area contributed by atoms with E-state index in [0.29, 0.717) is 11.8 Å². The van der Waals surface area contributed by atoms with Crippen molar-refractivity contribution in [2.24, 2.45) is 0 Å². The first-order chi connectivity index (χ1) is 9.24. The lowest BCUT2D eigenvalue weighted by Crippen LogP contribution is -1.78. The monoisotopic (exact) mass is 378 g/mol. The summed E-state index contributed by atoms with van der Waals surface area (Å²) in [6.07, 6.45) is 0. The van der Waals surface area contributed by atoms with Gasteiger partial charge in [0.15, 0.2) is 0 Å². The van der Waals surface area contributed by atoms with Gasteiger partial charge in [0.25, 0.3) is 0 Å². The third-order valence-corrected chi connectivity index (χ3v) is 3.79. The summed E-state index contributed by atoms with van der Waals surface area (Å²) in [5.74, 6) is 1.01. The van der Waals surface area contributed by atoms with Crippen LogP contribution < -0.4 is 0 Å². The number of aromatic nitrogens is 2. The average Bonchev–Trinajstić information content (AvgIpc) is 2.89. The first-order valence-electron chi connectivity index (χ1n) is 5.58. The van der Waals surface area contributed by atoms with Gasteiger partial charge in [0.05, 0.1) is 5.56 Å². The van der Waals surface area contributed by atoms with E-state index in [4.69, 9.17) is 4.42 Å². The van der Waals surface area contributed by atoms with Crippen molar-refractivity contribution in [1.82, 2.24) is 10.2 Å². The highest BCUT2D eigenvalue weighted by Crippen LogP contribution is 2.29. The van der Waals surface area contributed by atoms with Gasteiger partial charge in [0, 0.05) is 14.5 Å². The largest absolute Gasteiger partial charge is 0.416 e. The second kappa shape index (κ2) is 5.27. The van der Waals surface area contributed by atoms with E-state index >= 15 is 0 Å². The maximum atomic E-state index is 5.72. The molecule has 0 bridgehead atoms. The van der Waals surface area contributed by atoms with Crippen molar-refractivity contribution >= 4 is 31.9 Å². The third kappa shape index (κ3) is 2.62. The van der Waals surface area contributed by atoms with Crippen LogP contribution >= 0.6 is 31.9 Å². The minimum atomic E-state index is 0.502. The van der Waals surface area contributed by atoms with Crippen molar-refractivity contribution in [2.45, 2.75) is 0 Å². The Morgan fingerprint density at radius 3 is 2.42 bits per heavy atom. The summed E-state index contributed by atoms with van der Waals surface area (Å²) >= 11 is 6.90. The predicted octanol–water partition coefficient (Wildman–Crippen LogP) is 4.93. The van der Waals surface area contributed by atoms with Gasteiger partial charge < -0.3 is 4.42 Å². The van der Waals surface area contributed by atoms with E-state index in [1.165, 1.54) is 0 Å². The smallest absolute Gasteiger partial charge is 0.249 e. The van der Waals surface area contributed by atoms with Crippen LogP contribution in [-0.2, 0) is 0 Å². The lowest BCUT2D eigenvalue weighted by atomic mass is 10.2. The maximum absolute atomic E-state index is 5.72. The van der Waals surface area contributed by atoms with Crippen molar-refractivity contribution in [3.05, 3.63) is 57.5 Å². The van der Waals surface area contributed by atoms with Crippen LogP contribution in [-0.4, -0.2) is 10.2 Å². The lowest BCUT2D eigenvalue weighted by Gasteiger charge is -1.98. The van der Waals surface area contributed by atoms with E-state index < -0.39 is 0 Å². The molecule has 0 atom stereocenters. The number of halogens is 2. The molecule has 1 heterocycles. The molecule has 0 aliphatic carbocycles. The molecule has 3 nitrogen and oxygen atoms in total. The second-order valence-corrected chi connectivity index (χ2v) is 5.67. The first-order valence-corrected chi connectivity index (χ1v) is 7.17. The number of hydrogen-bond acceptors (Lipinski definition) is 3. The summed E-state index contributed by atoms with van der Waals surface area (Å²) in [5, 5.41) is 8.18. The molecule has 0 saturated carbocycles. The Kier molecular flexibility index (Phi) is 3.48.